The average Bonchev–Trinajstić information content (AvgIpc) is 2.85. The molecule has 4 rings (SSSR count). The van der Waals surface area contributed by atoms with Crippen molar-refractivity contribution in [2.45, 2.75) is 49.7 Å². The van der Waals surface area contributed by atoms with Crippen LogP contribution in [0.1, 0.15) is 31.2 Å². The van der Waals surface area contributed by atoms with Gasteiger partial charge in [-0.2, -0.15) is 4.31 Å². The number of morpholine rings is 1. The van der Waals surface area contributed by atoms with Crippen molar-refractivity contribution in [2.75, 3.05) is 13.1 Å². The van der Waals surface area contributed by atoms with E-state index >= 15 is 0 Å². The lowest BCUT2D eigenvalue weighted by molar-refractivity contribution is -0.128. The van der Waals surface area contributed by atoms with Crippen LogP contribution in [0.2, 0.25) is 0 Å². The molecular weight excluding hydrogens is 340 g/mol. The van der Waals surface area contributed by atoms with Crippen LogP contribution in [-0.4, -0.2) is 50.0 Å². The van der Waals surface area contributed by atoms with Gasteiger partial charge in [-0.1, -0.05) is 30.3 Å². The SMILES string of the molecule is O=C(NC1CCC1)[C@H]1C[C@@H]2CN(S(=O)(=O)Cc3ccccc3)C[C@H]1O2. The van der Waals surface area contributed by atoms with Crippen molar-refractivity contribution in [3.8, 4) is 0 Å². The van der Waals surface area contributed by atoms with Gasteiger partial charge in [0.1, 0.15) is 0 Å². The molecule has 0 unspecified atom stereocenters. The summed E-state index contributed by atoms with van der Waals surface area (Å²) in [5, 5.41) is 3.08. The summed E-state index contributed by atoms with van der Waals surface area (Å²) in [6.07, 6.45) is 3.37. The fourth-order valence-electron chi connectivity index (χ4n) is 3.86. The number of rotatable bonds is 5. The monoisotopic (exact) mass is 364 g/mol. The van der Waals surface area contributed by atoms with E-state index in [0.29, 0.717) is 19.0 Å². The third-order valence-electron chi connectivity index (χ3n) is 5.50. The van der Waals surface area contributed by atoms with Crippen molar-refractivity contribution in [3.05, 3.63) is 35.9 Å². The van der Waals surface area contributed by atoms with Gasteiger partial charge < -0.3 is 10.1 Å². The molecule has 2 saturated heterocycles. The number of hydrogen-bond acceptors (Lipinski definition) is 4. The second-order valence-corrected chi connectivity index (χ2v) is 9.30. The van der Waals surface area contributed by atoms with Gasteiger partial charge in [-0.3, -0.25) is 4.79 Å². The molecule has 1 amide bonds. The third kappa shape index (κ3) is 3.59. The molecule has 25 heavy (non-hydrogen) atoms. The Morgan fingerprint density at radius 3 is 2.64 bits per heavy atom. The quantitative estimate of drug-likeness (QED) is 0.854. The van der Waals surface area contributed by atoms with Crippen molar-refractivity contribution in [1.82, 2.24) is 9.62 Å². The van der Waals surface area contributed by atoms with Gasteiger partial charge in [0.15, 0.2) is 0 Å². The number of ether oxygens (including phenoxy) is 1. The van der Waals surface area contributed by atoms with Crippen LogP contribution in [0.15, 0.2) is 30.3 Å². The minimum Gasteiger partial charge on any atom is -0.371 e. The average molecular weight is 364 g/mol. The number of fused-ring (bicyclic) bond motifs is 2. The molecule has 1 aliphatic carbocycles. The zero-order valence-corrected chi connectivity index (χ0v) is 15.0. The number of sulfonamides is 1. The predicted octanol–water partition coefficient (Wildman–Crippen LogP) is 1.27. The highest BCUT2D eigenvalue weighted by atomic mass is 32.2. The Hall–Kier alpha value is -1.44. The first-order valence-electron chi connectivity index (χ1n) is 8.99. The lowest BCUT2D eigenvalue weighted by Crippen LogP contribution is -2.49. The molecule has 1 aromatic rings. The molecule has 2 heterocycles. The molecule has 2 bridgehead atoms. The summed E-state index contributed by atoms with van der Waals surface area (Å²) in [5.74, 6) is -0.214. The maximum Gasteiger partial charge on any atom is 0.226 e. The maximum absolute atomic E-state index is 12.8. The molecule has 7 heteroatoms. The summed E-state index contributed by atoms with van der Waals surface area (Å²) in [7, 11) is -3.41. The standard InChI is InChI=1S/C18H24N2O4S/c21-18(19-14-7-4-8-14)16-9-15-10-20(11-17(16)24-15)25(22,23)12-13-5-2-1-3-6-13/h1-3,5-6,14-17H,4,7-12H2,(H,19,21)/t15-,16+,17-/m1/s1. The number of carbonyl (C=O) groups excluding carboxylic acids is 1. The molecule has 3 atom stereocenters. The van der Waals surface area contributed by atoms with Crippen LogP contribution in [0.5, 0.6) is 0 Å². The second kappa shape index (κ2) is 6.70. The number of benzene rings is 1. The second-order valence-electron chi connectivity index (χ2n) is 7.33. The fourth-order valence-corrected chi connectivity index (χ4v) is 5.43. The van der Waals surface area contributed by atoms with Gasteiger partial charge in [-0.15, -0.1) is 0 Å². The molecule has 2 aliphatic heterocycles. The van der Waals surface area contributed by atoms with E-state index in [9.17, 15) is 13.2 Å². The highest BCUT2D eigenvalue weighted by Gasteiger charge is 2.47. The van der Waals surface area contributed by atoms with Gasteiger partial charge in [0.25, 0.3) is 0 Å². The van der Waals surface area contributed by atoms with E-state index in [1.54, 1.807) is 0 Å². The normalized spacial score (nSPS) is 30.0. The highest BCUT2D eigenvalue weighted by Crippen LogP contribution is 2.34. The first-order valence-corrected chi connectivity index (χ1v) is 10.6. The molecule has 0 spiro atoms. The maximum atomic E-state index is 12.8. The van der Waals surface area contributed by atoms with E-state index in [1.807, 2.05) is 30.3 Å². The van der Waals surface area contributed by atoms with E-state index in [1.165, 1.54) is 10.7 Å². The molecule has 3 fully saturated rings. The van der Waals surface area contributed by atoms with E-state index in [-0.39, 0.29) is 36.3 Å². The lowest BCUT2D eigenvalue weighted by Gasteiger charge is -2.32. The van der Waals surface area contributed by atoms with Crippen LogP contribution in [0.25, 0.3) is 0 Å². The molecule has 0 aromatic heterocycles. The summed E-state index contributed by atoms with van der Waals surface area (Å²) in [6.45, 7) is 0.618. The van der Waals surface area contributed by atoms with Crippen LogP contribution >= 0.6 is 0 Å². The molecule has 6 nitrogen and oxygen atoms in total. The highest BCUT2D eigenvalue weighted by molar-refractivity contribution is 7.88. The summed E-state index contributed by atoms with van der Waals surface area (Å²) in [4.78, 5) is 12.5. The van der Waals surface area contributed by atoms with E-state index in [4.69, 9.17) is 4.74 Å². The van der Waals surface area contributed by atoms with Gasteiger partial charge >= 0.3 is 0 Å². The lowest BCUT2D eigenvalue weighted by atomic mass is 9.91. The minimum absolute atomic E-state index is 0.00772. The van der Waals surface area contributed by atoms with Crippen molar-refractivity contribution >= 4 is 15.9 Å². The molecule has 3 aliphatic rings. The molecule has 1 saturated carbocycles. The summed E-state index contributed by atoms with van der Waals surface area (Å²) < 4.78 is 32.9. The number of amides is 1. The number of carbonyl (C=O) groups is 1. The van der Waals surface area contributed by atoms with Gasteiger partial charge in [0, 0.05) is 19.1 Å². The van der Waals surface area contributed by atoms with Crippen molar-refractivity contribution in [1.29, 1.82) is 0 Å². The summed E-state index contributed by atoms with van der Waals surface area (Å²) >= 11 is 0. The first kappa shape index (κ1) is 17.0. The Kier molecular flexibility index (Phi) is 4.56. The van der Waals surface area contributed by atoms with Crippen molar-refractivity contribution in [3.63, 3.8) is 0 Å². The smallest absolute Gasteiger partial charge is 0.226 e. The number of nitrogens with zero attached hydrogens (tertiary/aromatic N) is 1. The van der Waals surface area contributed by atoms with Crippen molar-refractivity contribution in [2.24, 2.45) is 5.92 Å². The Morgan fingerprint density at radius 2 is 1.96 bits per heavy atom. The van der Waals surface area contributed by atoms with E-state index in [0.717, 1.165) is 18.4 Å². The predicted molar refractivity (Wildman–Crippen MR) is 93.2 cm³/mol. The molecule has 1 aromatic carbocycles. The summed E-state index contributed by atoms with van der Waals surface area (Å²) in [6, 6.07) is 9.49. The van der Waals surface area contributed by atoms with Crippen LogP contribution in [0, 0.1) is 5.92 Å². The van der Waals surface area contributed by atoms with E-state index < -0.39 is 10.0 Å². The van der Waals surface area contributed by atoms with Gasteiger partial charge in [-0.25, -0.2) is 8.42 Å². The molecule has 1 N–H and O–H groups in total. The summed E-state index contributed by atoms with van der Waals surface area (Å²) in [5.41, 5.74) is 0.778. The van der Waals surface area contributed by atoms with Gasteiger partial charge in [-0.05, 0) is 31.2 Å². The molecule has 136 valence electrons. The Balaban J connectivity index is 1.41. The Morgan fingerprint density at radius 1 is 1.20 bits per heavy atom. The number of hydrogen-bond donors (Lipinski definition) is 1. The zero-order chi connectivity index (χ0) is 17.4. The van der Waals surface area contributed by atoms with Crippen molar-refractivity contribution < 1.29 is 17.9 Å². The largest absolute Gasteiger partial charge is 0.371 e. The van der Waals surface area contributed by atoms with E-state index in [2.05, 4.69) is 5.32 Å². The molecule has 0 radical (unpaired) electrons. The van der Waals surface area contributed by atoms with Crippen LogP contribution in [0.4, 0.5) is 0 Å². The van der Waals surface area contributed by atoms with Crippen LogP contribution < -0.4 is 5.32 Å². The Labute approximate surface area is 148 Å². The van der Waals surface area contributed by atoms with Crippen LogP contribution in [-0.2, 0) is 25.3 Å². The topological polar surface area (TPSA) is 75.7 Å². The van der Waals surface area contributed by atoms with Gasteiger partial charge in [0.2, 0.25) is 15.9 Å². The minimum atomic E-state index is -3.41. The molecular formula is C18H24N2O4S. The first-order chi connectivity index (χ1) is 12.0. The van der Waals surface area contributed by atoms with Crippen LogP contribution in [0.3, 0.4) is 0 Å². The van der Waals surface area contributed by atoms with Gasteiger partial charge in [0.05, 0.1) is 23.9 Å². The third-order valence-corrected chi connectivity index (χ3v) is 7.28. The number of nitrogens with one attached hydrogen (secondary N) is 1. The Bertz CT molecular complexity index is 733. The zero-order valence-electron chi connectivity index (χ0n) is 14.1. The fraction of sp³-hybridized carbons (Fsp3) is 0.611.